The van der Waals surface area contributed by atoms with Gasteiger partial charge in [0.2, 0.25) is 9.84 Å². The zero-order valence-electron chi connectivity index (χ0n) is 39.9. The lowest BCUT2D eigenvalue weighted by molar-refractivity contribution is 0.347. The van der Waals surface area contributed by atoms with Crippen molar-refractivity contribution in [3.8, 4) is 22.3 Å². The molecule has 0 bridgehead atoms. The van der Waals surface area contributed by atoms with Crippen LogP contribution in [0.25, 0.3) is 43.8 Å². The molecule has 0 amide bonds. The van der Waals surface area contributed by atoms with Crippen molar-refractivity contribution in [2.75, 3.05) is 0 Å². The summed E-state index contributed by atoms with van der Waals surface area (Å²) in [6, 6.07) is 29.6. The number of hydrogen-bond donors (Lipinski definition) is 3. The molecular weight excluding hydrogens is 816 g/mol. The molecule has 63 heavy (non-hydrogen) atoms. The van der Waals surface area contributed by atoms with Crippen LogP contribution in [0.2, 0.25) is 0 Å². The van der Waals surface area contributed by atoms with E-state index in [1.807, 2.05) is 0 Å². The van der Waals surface area contributed by atoms with Crippen LogP contribution in [0.1, 0.15) is 190 Å². The van der Waals surface area contributed by atoms with E-state index >= 15 is 8.42 Å². The van der Waals surface area contributed by atoms with E-state index in [4.69, 9.17) is 0 Å². The zero-order valence-corrected chi connectivity index (χ0v) is 41.6. The highest BCUT2D eigenvalue weighted by molar-refractivity contribution is 7.91. The Morgan fingerprint density at radius 3 is 1.25 bits per heavy atom. The van der Waals surface area contributed by atoms with E-state index in [2.05, 4.69) is 132 Å². The second-order valence-electron chi connectivity index (χ2n) is 18.6. The van der Waals surface area contributed by atoms with Gasteiger partial charge in [0.25, 0.3) is 0 Å². The number of fused-ring (bicyclic) bond motifs is 2. The highest BCUT2D eigenvalue weighted by Gasteiger charge is 2.42. The minimum atomic E-state index is -4.78. The summed E-state index contributed by atoms with van der Waals surface area (Å²) in [4.78, 5) is 35.1. The summed E-state index contributed by atoms with van der Waals surface area (Å²) in [6.07, 6.45) is 5.45. The Kier molecular flexibility index (Phi) is 15.2. The van der Waals surface area contributed by atoms with Gasteiger partial charge in [-0.15, -0.1) is 0 Å². The monoisotopic (exact) mass is 887 g/mol. The van der Waals surface area contributed by atoms with E-state index in [0.717, 1.165) is 76.8 Å². The maximum absolute atomic E-state index is 15.4. The molecule has 0 saturated carbocycles. The van der Waals surface area contributed by atoms with Crippen LogP contribution in [0.3, 0.4) is 0 Å². The Morgan fingerprint density at radius 2 is 0.857 bits per heavy atom. The SMILES string of the molecule is CCC(C)c1cc(C(C)CC)c2cc(-c3c([P+](O)(O)O)ccc(S(=O)(=O)c4ccccc4)c3-c3cc4c(C(C)CC)cc(C(C)CC)cc4cc3C(C)CC)c(C(C)CC)cc2c1. The van der Waals surface area contributed by atoms with Crippen molar-refractivity contribution in [2.45, 2.75) is 167 Å². The second kappa shape index (κ2) is 19.7. The summed E-state index contributed by atoms with van der Waals surface area (Å²) < 4.78 is 30.8. The van der Waals surface area contributed by atoms with Gasteiger partial charge >= 0.3 is 7.94 Å². The van der Waals surface area contributed by atoms with Gasteiger partial charge in [-0.1, -0.05) is 138 Å². The standard InChI is InChI=1S/C56H72O5PS/c1-13-34(7)40-26-42-30-47(38(11)17-5)51(32-49(42)45(28-40)36(9)15-3)55-53(62(57,58)59)24-25-54(63(60,61)44-22-20-19-21-23-44)56(55)52-33-50-43(31-48(52)39(12)18-6)27-41(35(8)14-2)29-46(50)37(10)16-4/h19-39,57-59H,13-18H2,1-12H3/q+1. The van der Waals surface area contributed by atoms with Gasteiger partial charge in [-0.2, -0.15) is 14.7 Å². The topological polar surface area (TPSA) is 94.8 Å². The van der Waals surface area contributed by atoms with E-state index in [0.29, 0.717) is 28.5 Å². The van der Waals surface area contributed by atoms with Crippen LogP contribution in [-0.2, 0) is 9.84 Å². The Morgan fingerprint density at radius 1 is 0.460 bits per heavy atom. The van der Waals surface area contributed by atoms with Crippen LogP contribution in [0.4, 0.5) is 0 Å². The molecule has 6 unspecified atom stereocenters. The van der Waals surface area contributed by atoms with Crippen LogP contribution in [0.15, 0.2) is 101 Å². The van der Waals surface area contributed by atoms with Crippen molar-refractivity contribution in [1.29, 1.82) is 0 Å². The zero-order chi connectivity index (χ0) is 46.1. The van der Waals surface area contributed by atoms with Gasteiger partial charge in [0.15, 0.2) is 5.30 Å². The third-order valence-corrected chi connectivity index (χ3v) is 17.5. The molecular formula is C56H72O5PS+. The Labute approximate surface area is 379 Å². The molecule has 0 fully saturated rings. The summed E-state index contributed by atoms with van der Waals surface area (Å²) in [5.74, 6) is 1.17. The maximum Gasteiger partial charge on any atom is 0.441 e. The van der Waals surface area contributed by atoms with Gasteiger partial charge in [0.05, 0.1) is 9.79 Å². The van der Waals surface area contributed by atoms with Crippen molar-refractivity contribution in [2.24, 2.45) is 0 Å². The second-order valence-corrected chi connectivity index (χ2v) is 22.2. The first-order valence-corrected chi connectivity index (χ1v) is 26.8. The van der Waals surface area contributed by atoms with Crippen molar-refractivity contribution in [3.63, 3.8) is 0 Å². The fourth-order valence-electron chi connectivity index (χ4n) is 9.26. The average Bonchev–Trinajstić information content (AvgIpc) is 3.30. The first-order valence-electron chi connectivity index (χ1n) is 23.6. The number of benzene rings is 6. The molecule has 6 aromatic rings. The first kappa shape index (κ1) is 48.6. The average molecular weight is 888 g/mol. The summed E-state index contributed by atoms with van der Waals surface area (Å²) in [5, 5.41) is 4.26. The van der Waals surface area contributed by atoms with Gasteiger partial charge in [0.1, 0.15) is 0 Å². The van der Waals surface area contributed by atoms with E-state index in [-0.39, 0.29) is 38.8 Å². The normalized spacial score (nSPS) is 15.3. The Balaban J connectivity index is 1.94. The van der Waals surface area contributed by atoms with E-state index in [1.54, 1.807) is 30.3 Å². The van der Waals surface area contributed by atoms with Crippen molar-refractivity contribution in [3.05, 3.63) is 124 Å². The smallest absolute Gasteiger partial charge is 0.218 e. The number of rotatable bonds is 17. The van der Waals surface area contributed by atoms with Crippen molar-refractivity contribution in [1.82, 2.24) is 0 Å². The maximum atomic E-state index is 15.4. The highest BCUT2D eigenvalue weighted by Crippen LogP contribution is 2.54. The molecule has 0 heterocycles. The lowest BCUT2D eigenvalue weighted by Crippen LogP contribution is -2.18. The van der Waals surface area contributed by atoms with Crippen LogP contribution in [0, 0.1) is 0 Å². The predicted molar refractivity (Wildman–Crippen MR) is 270 cm³/mol. The predicted octanol–water partition coefficient (Wildman–Crippen LogP) is 15.6. The minimum absolute atomic E-state index is 0.00391. The molecule has 0 spiro atoms. The molecule has 336 valence electrons. The molecule has 0 aliphatic rings. The fraction of sp³-hybridized carbons (Fsp3) is 0.429. The highest BCUT2D eigenvalue weighted by atomic mass is 32.2. The Bertz CT molecular complexity index is 2700. The molecule has 3 N–H and O–H groups in total. The van der Waals surface area contributed by atoms with Crippen LogP contribution in [-0.4, -0.2) is 23.1 Å². The molecule has 0 radical (unpaired) electrons. The van der Waals surface area contributed by atoms with Gasteiger partial charge in [-0.3, -0.25) is 0 Å². The molecule has 6 aromatic carbocycles. The summed E-state index contributed by atoms with van der Waals surface area (Å²) >= 11 is 0. The minimum Gasteiger partial charge on any atom is -0.218 e. The third kappa shape index (κ3) is 9.45. The van der Waals surface area contributed by atoms with Crippen LogP contribution in [0.5, 0.6) is 0 Å². The van der Waals surface area contributed by atoms with Crippen molar-refractivity contribution >= 4 is 44.6 Å². The van der Waals surface area contributed by atoms with Gasteiger partial charge in [-0.25, -0.2) is 8.42 Å². The Hall–Kier alpha value is -3.90. The fourth-order valence-corrected chi connectivity index (χ4v) is 11.6. The molecule has 6 rings (SSSR count). The van der Waals surface area contributed by atoms with Gasteiger partial charge < -0.3 is 0 Å². The van der Waals surface area contributed by atoms with Gasteiger partial charge in [0, 0.05) is 11.1 Å². The van der Waals surface area contributed by atoms with E-state index < -0.39 is 17.8 Å². The molecule has 6 atom stereocenters. The lowest BCUT2D eigenvalue weighted by Gasteiger charge is -2.27. The lowest BCUT2D eigenvalue weighted by atomic mass is 9.79. The van der Waals surface area contributed by atoms with Crippen LogP contribution >= 0.6 is 7.94 Å². The largest absolute Gasteiger partial charge is 0.441 e. The first-order chi connectivity index (χ1) is 29.9. The summed E-state index contributed by atoms with van der Waals surface area (Å²) in [6.45, 7) is 26.5. The van der Waals surface area contributed by atoms with Crippen molar-refractivity contribution < 1.29 is 23.1 Å². The molecule has 0 aromatic heterocycles. The molecule has 0 aliphatic carbocycles. The summed E-state index contributed by atoms with van der Waals surface area (Å²) in [7, 11) is -9.01. The molecule has 0 saturated heterocycles. The quantitative estimate of drug-likeness (QED) is 0.0793. The third-order valence-electron chi connectivity index (χ3n) is 14.6. The summed E-state index contributed by atoms with van der Waals surface area (Å²) in [5.41, 5.74) is 9.12. The van der Waals surface area contributed by atoms with E-state index in [9.17, 15) is 14.7 Å². The van der Waals surface area contributed by atoms with Gasteiger partial charge in [-0.05, 0) is 176 Å². The number of hydrogen-bond acceptors (Lipinski definition) is 5. The molecule has 0 aliphatic heterocycles. The van der Waals surface area contributed by atoms with Crippen LogP contribution < -0.4 is 5.30 Å². The number of sulfone groups is 1. The molecule has 7 heteroatoms. The molecule has 5 nitrogen and oxygen atoms in total. The van der Waals surface area contributed by atoms with E-state index in [1.165, 1.54) is 34.4 Å².